The lowest BCUT2D eigenvalue weighted by molar-refractivity contribution is -0.143. The first kappa shape index (κ1) is 19.3. The van der Waals surface area contributed by atoms with Crippen molar-refractivity contribution < 1.29 is 19.1 Å². The van der Waals surface area contributed by atoms with Crippen LogP contribution in [0.3, 0.4) is 0 Å². The molecule has 0 aliphatic heterocycles. The third kappa shape index (κ3) is 3.40. The average Bonchev–Trinajstić information content (AvgIpc) is 2.73. The van der Waals surface area contributed by atoms with Crippen LogP contribution in [-0.2, 0) is 14.3 Å². The van der Waals surface area contributed by atoms with Crippen LogP contribution >= 0.6 is 0 Å². The molecule has 4 rings (SSSR count). The summed E-state index contributed by atoms with van der Waals surface area (Å²) in [5, 5.41) is 11.0. The lowest BCUT2D eigenvalue weighted by atomic mass is 9.93. The van der Waals surface area contributed by atoms with Crippen molar-refractivity contribution in [3.63, 3.8) is 0 Å². The van der Waals surface area contributed by atoms with Gasteiger partial charge in [-0.15, -0.1) is 0 Å². The van der Waals surface area contributed by atoms with Crippen molar-refractivity contribution >= 4 is 44.8 Å². The second kappa shape index (κ2) is 7.76. The maximum atomic E-state index is 12.5. The number of benzene rings is 3. The molecule has 0 saturated carbocycles. The molecule has 0 N–H and O–H groups in total. The number of carbonyl (C=O) groups is 2. The lowest BCUT2D eigenvalue weighted by Gasteiger charge is -2.15. The van der Waals surface area contributed by atoms with E-state index in [2.05, 4.69) is 4.98 Å². The molecule has 0 aliphatic rings. The van der Waals surface area contributed by atoms with Gasteiger partial charge in [-0.05, 0) is 54.3 Å². The van der Waals surface area contributed by atoms with Crippen molar-refractivity contribution in [3.05, 3.63) is 54.1 Å². The van der Waals surface area contributed by atoms with Crippen LogP contribution in [0.25, 0.3) is 32.8 Å². The van der Waals surface area contributed by atoms with E-state index in [1.165, 1.54) is 6.92 Å². The topological polar surface area (TPSA) is 102 Å². The van der Waals surface area contributed by atoms with E-state index in [1.807, 2.05) is 30.3 Å². The quantitative estimate of drug-likeness (QED) is 0.221. The molecule has 7 nitrogen and oxygen atoms in total. The molecule has 0 amide bonds. The number of carbonyl (C=O) groups excluding carboxylic acids is 2. The highest BCUT2D eigenvalue weighted by Crippen LogP contribution is 2.35. The number of nitrogens with zero attached hydrogens (tertiary/aromatic N) is 3. The van der Waals surface area contributed by atoms with Gasteiger partial charge in [-0.3, -0.25) is 9.59 Å². The lowest BCUT2D eigenvalue weighted by Crippen LogP contribution is -2.15. The third-order valence-corrected chi connectivity index (χ3v) is 4.67. The predicted molar refractivity (Wildman–Crippen MR) is 111 cm³/mol. The number of nitriles is 1. The molecule has 1 heterocycles. The molecule has 7 heteroatoms. The number of fused-ring (bicyclic) bond motifs is 4. The number of hydrogen-bond donors (Lipinski definition) is 0. The van der Waals surface area contributed by atoms with E-state index < -0.39 is 17.9 Å². The Bertz CT molecular complexity index is 1360. The fourth-order valence-electron chi connectivity index (χ4n) is 3.45. The van der Waals surface area contributed by atoms with Crippen molar-refractivity contribution in [3.8, 4) is 11.8 Å². The molecule has 30 heavy (non-hydrogen) atoms. The minimum absolute atomic E-state index is 0.158. The molecular formula is C23H17N3O4. The van der Waals surface area contributed by atoms with Crippen molar-refractivity contribution in [2.45, 2.75) is 19.8 Å². The number of ether oxygens (including phenoxy) is 2. The number of aromatic nitrogens is 2. The van der Waals surface area contributed by atoms with Crippen LogP contribution in [0.1, 0.15) is 25.3 Å². The zero-order chi connectivity index (χ0) is 21.3. The van der Waals surface area contributed by atoms with E-state index in [0.29, 0.717) is 38.6 Å². The molecule has 0 saturated heterocycles. The van der Waals surface area contributed by atoms with Gasteiger partial charge in [0.05, 0.1) is 34.7 Å². The standard InChI is InChI=1S/C23H17N3O4/c1-3-29-23(28)18(12-24)17-11-21-22(26-20-7-5-4-6-19(20)25-21)15-9-8-14(10-16(15)17)30-13(2)27/h4-11,18H,3H2,1-2H3. The molecule has 1 unspecified atom stereocenters. The van der Waals surface area contributed by atoms with Crippen molar-refractivity contribution in [2.24, 2.45) is 0 Å². The van der Waals surface area contributed by atoms with E-state index in [4.69, 9.17) is 14.5 Å². The van der Waals surface area contributed by atoms with Crippen LogP contribution in [-0.4, -0.2) is 28.5 Å². The second-order valence-electron chi connectivity index (χ2n) is 6.66. The number of para-hydroxylation sites is 2. The van der Waals surface area contributed by atoms with Crippen molar-refractivity contribution in [2.75, 3.05) is 6.61 Å². The molecular weight excluding hydrogens is 382 g/mol. The first-order valence-electron chi connectivity index (χ1n) is 9.39. The number of hydrogen-bond acceptors (Lipinski definition) is 7. The Hall–Kier alpha value is -4.05. The minimum Gasteiger partial charge on any atom is -0.465 e. The van der Waals surface area contributed by atoms with Gasteiger partial charge < -0.3 is 9.47 Å². The van der Waals surface area contributed by atoms with Gasteiger partial charge >= 0.3 is 11.9 Å². The van der Waals surface area contributed by atoms with E-state index in [1.54, 1.807) is 31.2 Å². The molecule has 0 aliphatic carbocycles. The third-order valence-electron chi connectivity index (χ3n) is 4.67. The summed E-state index contributed by atoms with van der Waals surface area (Å²) >= 11 is 0. The zero-order valence-electron chi connectivity index (χ0n) is 16.4. The van der Waals surface area contributed by atoms with E-state index in [9.17, 15) is 14.9 Å². The zero-order valence-corrected chi connectivity index (χ0v) is 16.4. The van der Waals surface area contributed by atoms with Crippen molar-refractivity contribution in [1.29, 1.82) is 5.26 Å². The maximum absolute atomic E-state index is 12.5. The fourth-order valence-corrected chi connectivity index (χ4v) is 3.45. The molecule has 3 aromatic carbocycles. The number of rotatable bonds is 4. The molecule has 148 valence electrons. The van der Waals surface area contributed by atoms with Gasteiger partial charge in [0, 0.05) is 12.3 Å². The molecule has 4 aromatic rings. The van der Waals surface area contributed by atoms with Gasteiger partial charge in [-0.2, -0.15) is 5.26 Å². The van der Waals surface area contributed by atoms with Gasteiger partial charge in [0.1, 0.15) is 5.75 Å². The van der Waals surface area contributed by atoms with Crippen molar-refractivity contribution in [1.82, 2.24) is 9.97 Å². The number of esters is 2. The van der Waals surface area contributed by atoms with Crippen LogP contribution in [0.2, 0.25) is 0 Å². The van der Waals surface area contributed by atoms with Crippen LogP contribution in [0.15, 0.2) is 48.5 Å². The van der Waals surface area contributed by atoms with Crippen LogP contribution < -0.4 is 4.74 Å². The second-order valence-corrected chi connectivity index (χ2v) is 6.66. The summed E-state index contributed by atoms with van der Waals surface area (Å²) < 4.78 is 10.3. The highest BCUT2D eigenvalue weighted by Gasteiger charge is 2.25. The Balaban J connectivity index is 2.07. The monoisotopic (exact) mass is 399 g/mol. The normalized spacial score (nSPS) is 11.9. The van der Waals surface area contributed by atoms with Crippen LogP contribution in [0.5, 0.6) is 5.75 Å². The molecule has 0 radical (unpaired) electrons. The van der Waals surface area contributed by atoms with Gasteiger partial charge in [-0.1, -0.05) is 12.1 Å². The summed E-state index contributed by atoms with van der Waals surface area (Å²) in [5.41, 5.74) is 3.04. The van der Waals surface area contributed by atoms with Gasteiger partial charge in [0.2, 0.25) is 0 Å². The highest BCUT2D eigenvalue weighted by atomic mass is 16.5. The summed E-state index contributed by atoms with van der Waals surface area (Å²) in [4.78, 5) is 33.3. The predicted octanol–water partition coefficient (Wildman–Crippen LogP) is 4.03. The van der Waals surface area contributed by atoms with Gasteiger partial charge in [0.15, 0.2) is 5.92 Å². The Labute approximate surface area is 171 Å². The summed E-state index contributed by atoms with van der Waals surface area (Å²) in [6, 6.07) is 16.2. The summed E-state index contributed by atoms with van der Waals surface area (Å²) in [7, 11) is 0. The maximum Gasteiger partial charge on any atom is 0.327 e. The summed E-state index contributed by atoms with van der Waals surface area (Å²) in [6.07, 6.45) is 0. The first-order chi connectivity index (χ1) is 14.5. The Morgan fingerprint density at radius 1 is 1.03 bits per heavy atom. The minimum atomic E-state index is -1.15. The summed E-state index contributed by atoms with van der Waals surface area (Å²) in [5.74, 6) is -1.96. The first-order valence-corrected chi connectivity index (χ1v) is 9.39. The molecule has 1 aromatic heterocycles. The average molecular weight is 399 g/mol. The largest absolute Gasteiger partial charge is 0.465 e. The molecule has 1 atom stereocenters. The van der Waals surface area contributed by atoms with Crippen LogP contribution in [0.4, 0.5) is 0 Å². The molecule has 0 bridgehead atoms. The van der Waals surface area contributed by atoms with Crippen LogP contribution in [0, 0.1) is 11.3 Å². The Morgan fingerprint density at radius 3 is 2.43 bits per heavy atom. The smallest absolute Gasteiger partial charge is 0.327 e. The van der Waals surface area contributed by atoms with E-state index in [-0.39, 0.29) is 6.61 Å². The Kier molecular flexibility index (Phi) is 4.98. The highest BCUT2D eigenvalue weighted by molar-refractivity contribution is 6.09. The Morgan fingerprint density at radius 2 is 1.77 bits per heavy atom. The van der Waals surface area contributed by atoms with E-state index >= 15 is 0 Å². The van der Waals surface area contributed by atoms with E-state index in [0.717, 1.165) is 5.52 Å². The summed E-state index contributed by atoms with van der Waals surface area (Å²) in [6.45, 7) is 3.15. The van der Waals surface area contributed by atoms with Gasteiger partial charge in [0.25, 0.3) is 0 Å². The SMILES string of the molecule is CCOC(=O)C(C#N)c1cc2nc3ccccc3nc2c2ccc(OC(C)=O)cc12. The molecule has 0 spiro atoms. The fraction of sp³-hybridized carbons (Fsp3) is 0.174. The molecule has 0 fully saturated rings. The van der Waals surface area contributed by atoms with Gasteiger partial charge in [-0.25, -0.2) is 9.97 Å².